The molecule has 0 atom stereocenters. The Balaban J connectivity index is 3.27. The molecule has 0 bridgehead atoms. The van der Waals surface area contributed by atoms with Crippen LogP contribution >= 0.6 is 0 Å². The van der Waals surface area contributed by atoms with Gasteiger partial charge in [-0.05, 0) is 19.4 Å². The van der Waals surface area contributed by atoms with Crippen LogP contribution in [0.15, 0.2) is 12.2 Å². The fourth-order valence-corrected chi connectivity index (χ4v) is 0.402. The van der Waals surface area contributed by atoms with Crippen molar-refractivity contribution in [2.45, 2.75) is 20.3 Å². The molecule has 0 spiro atoms. The molecule has 0 aliphatic carbocycles. The molecule has 1 radical (unpaired) electrons. The third kappa shape index (κ3) is 5.07. The van der Waals surface area contributed by atoms with Gasteiger partial charge in [0.15, 0.2) is 0 Å². The van der Waals surface area contributed by atoms with E-state index in [0.29, 0.717) is 0 Å². The van der Waals surface area contributed by atoms with Crippen molar-refractivity contribution < 1.29 is 4.79 Å². The molecular formula is C7H12NO. The standard InChI is InChI=1S/C7H12NO/c1-3-5-7(9)8-6-4-2/h3,5-6H,4H2,1-2H3,(H,8,9). The molecule has 0 heterocycles. The van der Waals surface area contributed by atoms with Gasteiger partial charge in [0.2, 0.25) is 5.91 Å². The largest absolute Gasteiger partial charge is 0.348 e. The zero-order chi connectivity index (χ0) is 7.11. The van der Waals surface area contributed by atoms with Crippen LogP contribution in [-0.4, -0.2) is 5.91 Å². The Kier molecular flexibility index (Phi) is 4.88. The van der Waals surface area contributed by atoms with Crippen molar-refractivity contribution >= 4 is 5.91 Å². The maximum atomic E-state index is 10.6. The molecule has 2 heteroatoms. The normalized spacial score (nSPS) is 10.0. The van der Waals surface area contributed by atoms with Crippen LogP contribution in [0.3, 0.4) is 0 Å². The third-order valence-corrected chi connectivity index (χ3v) is 0.766. The molecule has 0 unspecified atom stereocenters. The van der Waals surface area contributed by atoms with Gasteiger partial charge < -0.3 is 5.32 Å². The lowest BCUT2D eigenvalue weighted by atomic mass is 10.4. The average molecular weight is 126 g/mol. The Labute approximate surface area is 56.0 Å². The lowest BCUT2D eigenvalue weighted by molar-refractivity contribution is -0.116. The number of hydrogen-bond acceptors (Lipinski definition) is 1. The number of nitrogens with one attached hydrogen (secondary N) is 1. The van der Waals surface area contributed by atoms with Crippen molar-refractivity contribution in [3.8, 4) is 0 Å². The number of carbonyl (C=O) groups excluding carboxylic acids is 1. The molecule has 51 valence electrons. The Morgan fingerprint density at radius 3 is 2.78 bits per heavy atom. The number of hydrogen-bond donors (Lipinski definition) is 1. The molecule has 2 nitrogen and oxygen atoms in total. The van der Waals surface area contributed by atoms with E-state index in [0.717, 1.165) is 6.42 Å². The van der Waals surface area contributed by atoms with E-state index in [-0.39, 0.29) is 5.91 Å². The van der Waals surface area contributed by atoms with Crippen molar-refractivity contribution in [2.75, 3.05) is 0 Å². The highest BCUT2D eigenvalue weighted by Crippen LogP contribution is 1.78. The summed E-state index contributed by atoms with van der Waals surface area (Å²) in [6.07, 6.45) is 4.06. The molecule has 9 heavy (non-hydrogen) atoms. The summed E-state index contributed by atoms with van der Waals surface area (Å²) in [7, 11) is 0. The molecular weight excluding hydrogens is 114 g/mol. The second kappa shape index (κ2) is 5.35. The SMILES string of the molecule is CC=CC(=O)N[CH]CC. The van der Waals surface area contributed by atoms with Gasteiger partial charge >= 0.3 is 0 Å². The highest BCUT2D eigenvalue weighted by atomic mass is 16.1. The summed E-state index contributed by atoms with van der Waals surface area (Å²) in [5, 5.41) is 2.58. The number of amides is 1. The van der Waals surface area contributed by atoms with Crippen molar-refractivity contribution in [1.29, 1.82) is 0 Å². The van der Waals surface area contributed by atoms with Crippen LogP contribution in [0.4, 0.5) is 0 Å². The minimum absolute atomic E-state index is 0.0562. The summed E-state index contributed by atoms with van der Waals surface area (Å²) in [6, 6.07) is 0. The van der Waals surface area contributed by atoms with Gasteiger partial charge in [-0.25, -0.2) is 0 Å². The summed E-state index contributed by atoms with van der Waals surface area (Å²) < 4.78 is 0. The van der Waals surface area contributed by atoms with Gasteiger partial charge in [-0.15, -0.1) is 0 Å². The number of carbonyl (C=O) groups is 1. The molecule has 0 saturated carbocycles. The minimum atomic E-state index is -0.0562. The monoisotopic (exact) mass is 126 g/mol. The topological polar surface area (TPSA) is 29.1 Å². The fraction of sp³-hybridized carbons (Fsp3) is 0.429. The predicted octanol–water partition coefficient (Wildman–Crippen LogP) is 1.25. The summed E-state index contributed by atoms with van der Waals surface area (Å²) in [4.78, 5) is 10.6. The van der Waals surface area contributed by atoms with E-state index in [1.165, 1.54) is 6.08 Å². The Morgan fingerprint density at radius 1 is 1.67 bits per heavy atom. The maximum Gasteiger partial charge on any atom is 0.243 e. The van der Waals surface area contributed by atoms with Crippen molar-refractivity contribution in [3.63, 3.8) is 0 Å². The first-order chi connectivity index (χ1) is 4.31. The van der Waals surface area contributed by atoms with Gasteiger partial charge in [0.1, 0.15) is 0 Å². The molecule has 0 rings (SSSR count). The van der Waals surface area contributed by atoms with Gasteiger partial charge in [-0.1, -0.05) is 13.0 Å². The molecule has 0 aromatic heterocycles. The van der Waals surface area contributed by atoms with E-state index in [2.05, 4.69) is 5.32 Å². The van der Waals surface area contributed by atoms with Crippen LogP contribution in [0.1, 0.15) is 20.3 Å². The van der Waals surface area contributed by atoms with E-state index < -0.39 is 0 Å². The number of allylic oxidation sites excluding steroid dienone is 1. The van der Waals surface area contributed by atoms with Crippen molar-refractivity contribution in [3.05, 3.63) is 18.7 Å². The van der Waals surface area contributed by atoms with Crippen LogP contribution in [0, 0.1) is 6.54 Å². The molecule has 0 aliphatic heterocycles. The minimum Gasteiger partial charge on any atom is -0.348 e. The Bertz CT molecular complexity index is 107. The zero-order valence-electron chi connectivity index (χ0n) is 5.85. The molecule has 0 fully saturated rings. The van der Waals surface area contributed by atoms with Crippen LogP contribution in [0.2, 0.25) is 0 Å². The lowest BCUT2D eigenvalue weighted by Crippen LogP contribution is -2.16. The summed E-state index contributed by atoms with van der Waals surface area (Å²) in [5.41, 5.74) is 0. The average Bonchev–Trinajstić information content (AvgIpc) is 1.85. The Morgan fingerprint density at radius 2 is 2.33 bits per heavy atom. The quantitative estimate of drug-likeness (QED) is 0.566. The summed E-state index contributed by atoms with van der Waals surface area (Å²) >= 11 is 0. The lowest BCUT2D eigenvalue weighted by Gasteiger charge is -1.94. The van der Waals surface area contributed by atoms with Crippen LogP contribution in [-0.2, 0) is 4.79 Å². The van der Waals surface area contributed by atoms with Gasteiger partial charge in [0.05, 0.1) is 0 Å². The van der Waals surface area contributed by atoms with E-state index in [1.807, 2.05) is 13.8 Å². The van der Waals surface area contributed by atoms with Crippen molar-refractivity contribution in [2.24, 2.45) is 0 Å². The Hall–Kier alpha value is -0.790. The van der Waals surface area contributed by atoms with E-state index in [9.17, 15) is 4.79 Å². The van der Waals surface area contributed by atoms with E-state index >= 15 is 0 Å². The summed E-state index contributed by atoms with van der Waals surface area (Å²) in [5.74, 6) is -0.0562. The first kappa shape index (κ1) is 8.21. The highest BCUT2D eigenvalue weighted by molar-refractivity contribution is 5.87. The van der Waals surface area contributed by atoms with E-state index in [1.54, 1.807) is 12.6 Å². The predicted molar refractivity (Wildman–Crippen MR) is 37.5 cm³/mol. The van der Waals surface area contributed by atoms with Gasteiger partial charge in [-0.3, -0.25) is 4.79 Å². The second-order valence-corrected chi connectivity index (χ2v) is 1.62. The van der Waals surface area contributed by atoms with Crippen LogP contribution < -0.4 is 5.32 Å². The van der Waals surface area contributed by atoms with E-state index in [4.69, 9.17) is 0 Å². The second-order valence-electron chi connectivity index (χ2n) is 1.62. The van der Waals surface area contributed by atoms with Crippen LogP contribution in [0.25, 0.3) is 0 Å². The smallest absolute Gasteiger partial charge is 0.243 e. The first-order valence-corrected chi connectivity index (χ1v) is 3.06. The fourth-order valence-electron chi connectivity index (χ4n) is 0.402. The van der Waals surface area contributed by atoms with Crippen LogP contribution in [0.5, 0.6) is 0 Å². The van der Waals surface area contributed by atoms with Crippen molar-refractivity contribution in [1.82, 2.24) is 5.32 Å². The maximum absolute atomic E-state index is 10.6. The molecule has 1 amide bonds. The molecule has 1 N–H and O–H groups in total. The summed E-state index contributed by atoms with van der Waals surface area (Å²) in [6.45, 7) is 5.50. The zero-order valence-corrected chi connectivity index (χ0v) is 5.85. The molecule has 0 saturated heterocycles. The first-order valence-electron chi connectivity index (χ1n) is 3.06. The van der Waals surface area contributed by atoms with Gasteiger partial charge in [-0.2, -0.15) is 0 Å². The molecule has 0 aliphatic rings. The molecule has 0 aromatic carbocycles. The molecule has 0 aromatic rings. The highest BCUT2D eigenvalue weighted by Gasteiger charge is 1.88. The van der Waals surface area contributed by atoms with Gasteiger partial charge in [0, 0.05) is 6.54 Å². The van der Waals surface area contributed by atoms with Gasteiger partial charge in [0.25, 0.3) is 0 Å². The third-order valence-electron chi connectivity index (χ3n) is 0.766. The number of rotatable bonds is 3.